The van der Waals surface area contributed by atoms with E-state index in [1.807, 2.05) is 6.07 Å². The topological polar surface area (TPSA) is 102 Å². The van der Waals surface area contributed by atoms with Crippen molar-refractivity contribution in [1.82, 2.24) is 4.31 Å². The van der Waals surface area contributed by atoms with Crippen molar-refractivity contribution in [2.75, 3.05) is 31.8 Å². The highest BCUT2D eigenvalue weighted by atomic mass is 32.2. The number of carbonyl (C=O) groups is 2. The Morgan fingerprint density at radius 2 is 1.65 bits per heavy atom. The molecule has 1 N–H and O–H groups in total. The second-order valence-corrected chi connectivity index (χ2v) is 9.36. The summed E-state index contributed by atoms with van der Waals surface area (Å²) in [5.74, 6) is -0.785. The number of hydrogen-bond acceptors (Lipinski definition) is 6. The van der Waals surface area contributed by atoms with Gasteiger partial charge in [0.25, 0.3) is 5.91 Å². The summed E-state index contributed by atoms with van der Waals surface area (Å²) >= 11 is 0. The van der Waals surface area contributed by atoms with Gasteiger partial charge in [0.05, 0.1) is 19.3 Å². The molecule has 1 fully saturated rings. The van der Waals surface area contributed by atoms with Crippen LogP contribution in [0.15, 0.2) is 54.6 Å². The van der Waals surface area contributed by atoms with Gasteiger partial charge in [0.2, 0.25) is 16.1 Å². The van der Waals surface area contributed by atoms with Crippen molar-refractivity contribution in [3.8, 4) is 5.75 Å². The predicted molar refractivity (Wildman–Crippen MR) is 116 cm³/mol. The van der Waals surface area contributed by atoms with E-state index in [9.17, 15) is 18.0 Å². The van der Waals surface area contributed by atoms with Gasteiger partial charge in [-0.1, -0.05) is 30.3 Å². The van der Waals surface area contributed by atoms with Crippen LogP contribution in [0.25, 0.3) is 0 Å². The molecule has 0 unspecified atom stereocenters. The first-order valence-corrected chi connectivity index (χ1v) is 11.8. The summed E-state index contributed by atoms with van der Waals surface area (Å²) in [5, 5.41) is 2.77. The molecule has 166 valence electrons. The lowest BCUT2D eigenvalue weighted by Gasteiger charge is -2.30. The first kappa shape index (κ1) is 22.8. The highest BCUT2D eigenvalue weighted by Gasteiger charge is 2.33. The minimum atomic E-state index is -3.29. The fourth-order valence-electron chi connectivity index (χ4n) is 3.42. The molecule has 1 amide bonds. The Bertz CT molecular complexity index is 1000. The van der Waals surface area contributed by atoms with Crippen LogP contribution in [-0.4, -0.2) is 51.1 Å². The third-order valence-electron chi connectivity index (χ3n) is 5.19. The van der Waals surface area contributed by atoms with Gasteiger partial charge in [-0.15, -0.1) is 0 Å². The van der Waals surface area contributed by atoms with E-state index < -0.39 is 33.9 Å². The number of carbonyl (C=O) groups excluding carboxylic acids is 2. The minimum Gasteiger partial charge on any atom is -0.497 e. The lowest BCUT2D eigenvalue weighted by atomic mass is 9.98. The van der Waals surface area contributed by atoms with Crippen molar-refractivity contribution in [1.29, 1.82) is 0 Å². The van der Waals surface area contributed by atoms with Crippen LogP contribution in [-0.2, 0) is 24.3 Å². The summed E-state index contributed by atoms with van der Waals surface area (Å²) in [6.07, 6.45) is 0.741. The predicted octanol–water partition coefficient (Wildman–Crippen LogP) is 2.59. The van der Waals surface area contributed by atoms with E-state index >= 15 is 0 Å². The molecule has 2 aromatic rings. The van der Waals surface area contributed by atoms with Crippen LogP contribution in [0, 0.1) is 5.92 Å². The van der Waals surface area contributed by atoms with Crippen molar-refractivity contribution < 1.29 is 27.5 Å². The molecule has 1 aliphatic rings. The number of benzene rings is 2. The van der Waals surface area contributed by atoms with Gasteiger partial charge in [0.15, 0.2) is 0 Å². The molecule has 8 nitrogen and oxygen atoms in total. The van der Waals surface area contributed by atoms with Gasteiger partial charge in [-0.3, -0.25) is 9.59 Å². The minimum absolute atomic E-state index is 0.257. The normalized spacial score (nSPS) is 16.3. The summed E-state index contributed by atoms with van der Waals surface area (Å²) in [5.41, 5.74) is 1.10. The number of rotatable bonds is 7. The molecule has 1 saturated heterocycles. The number of nitrogens with one attached hydrogen (secondary N) is 1. The largest absolute Gasteiger partial charge is 0.497 e. The van der Waals surface area contributed by atoms with Crippen LogP contribution in [0.4, 0.5) is 5.69 Å². The third-order valence-corrected chi connectivity index (χ3v) is 6.49. The van der Waals surface area contributed by atoms with Crippen LogP contribution in [0.1, 0.15) is 24.5 Å². The molecule has 9 heteroatoms. The number of sulfonamides is 1. The smallest absolute Gasteiger partial charge is 0.310 e. The Balaban J connectivity index is 1.70. The Hall–Kier alpha value is -2.91. The van der Waals surface area contributed by atoms with E-state index in [2.05, 4.69) is 5.32 Å². The number of hydrogen-bond donors (Lipinski definition) is 1. The van der Waals surface area contributed by atoms with E-state index in [1.54, 1.807) is 55.6 Å². The van der Waals surface area contributed by atoms with E-state index in [-0.39, 0.29) is 13.1 Å². The highest BCUT2D eigenvalue weighted by molar-refractivity contribution is 7.88. The van der Waals surface area contributed by atoms with Crippen LogP contribution in [0.2, 0.25) is 0 Å². The molecule has 0 spiro atoms. The Morgan fingerprint density at radius 3 is 2.19 bits per heavy atom. The molecule has 31 heavy (non-hydrogen) atoms. The number of piperidine rings is 1. The first-order valence-electron chi connectivity index (χ1n) is 9.93. The molecular weight excluding hydrogens is 420 g/mol. The quantitative estimate of drug-likeness (QED) is 0.656. The van der Waals surface area contributed by atoms with E-state index in [1.165, 1.54) is 4.31 Å². The fourth-order valence-corrected chi connectivity index (χ4v) is 4.29. The maximum Gasteiger partial charge on any atom is 0.310 e. The number of anilines is 1. The summed E-state index contributed by atoms with van der Waals surface area (Å²) in [6.45, 7) is 0.513. The zero-order valence-electron chi connectivity index (χ0n) is 17.5. The average Bonchev–Trinajstić information content (AvgIpc) is 2.78. The number of methoxy groups -OCH3 is 1. The monoisotopic (exact) mass is 446 g/mol. The van der Waals surface area contributed by atoms with Crippen molar-refractivity contribution in [2.24, 2.45) is 5.92 Å². The molecule has 1 atom stereocenters. The average molecular weight is 447 g/mol. The molecule has 0 saturated carbocycles. The molecule has 1 heterocycles. The molecule has 0 aromatic heterocycles. The van der Waals surface area contributed by atoms with Crippen LogP contribution in [0.3, 0.4) is 0 Å². The van der Waals surface area contributed by atoms with Crippen LogP contribution >= 0.6 is 0 Å². The first-order chi connectivity index (χ1) is 14.8. The van der Waals surface area contributed by atoms with Crippen LogP contribution < -0.4 is 10.1 Å². The maximum atomic E-state index is 13.0. The van der Waals surface area contributed by atoms with Gasteiger partial charge in [-0.05, 0) is 37.1 Å². The van der Waals surface area contributed by atoms with Crippen LogP contribution in [0.5, 0.6) is 5.75 Å². The van der Waals surface area contributed by atoms with Gasteiger partial charge >= 0.3 is 5.97 Å². The second kappa shape index (κ2) is 9.93. The van der Waals surface area contributed by atoms with Gasteiger partial charge in [0.1, 0.15) is 5.75 Å². The molecule has 0 radical (unpaired) electrons. The number of nitrogens with zero attached hydrogens (tertiary/aromatic N) is 1. The Labute approximate surface area is 182 Å². The number of esters is 1. The maximum absolute atomic E-state index is 13.0. The Morgan fingerprint density at radius 1 is 1.03 bits per heavy atom. The lowest BCUT2D eigenvalue weighted by Crippen LogP contribution is -2.40. The van der Waals surface area contributed by atoms with E-state index in [0.717, 1.165) is 6.26 Å². The summed E-state index contributed by atoms with van der Waals surface area (Å²) in [4.78, 5) is 25.8. The molecule has 3 rings (SSSR count). The standard InChI is InChI=1S/C22H26N2O6S/c1-29-19-10-8-18(9-11-19)23-21(25)20(16-6-4-3-5-7-16)30-22(26)17-12-14-24(15-13-17)31(2,27)28/h3-11,17,20H,12-15H2,1-2H3,(H,23,25)/t20-/m1/s1. The van der Waals surface area contributed by atoms with E-state index in [0.29, 0.717) is 29.8 Å². The number of amides is 1. The van der Waals surface area contributed by atoms with Gasteiger partial charge in [0, 0.05) is 24.3 Å². The SMILES string of the molecule is COc1ccc(NC(=O)[C@H](OC(=O)C2CCN(S(C)(=O)=O)CC2)c2ccccc2)cc1. The highest BCUT2D eigenvalue weighted by Crippen LogP contribution is 2.26. The van der Waals surface area contributed by atoms with Crippen molar-refractivity contribution in [2.45, 2.75) is 18.9 Å². The summed E-state index contributed by atoms with van der Waals surface area (Å²) in [7, 11) is -1.73. The van der Waals surface area contributed by atoms with Crippen molar-refractivity contribution in [3.05, 3.63) is 60.2 Å². The fraction of sp³-hybridized carbons (Fsp3) is 0.364. The van der Waals surface area contributed by atoms with Crippen molar-refractivity contribution >= 4 is 27.6 Å². The lowest BCUT2D eigenvalue weighted by molar-refractivity contribution is -0.160. The molecule has 0 aliphatic carbocycles. The third kappa shape index (κ3) is 6.05. The Kier molecular flexibility index (Phi) is 7.29. The summed E-state index contributed by atoms with van der Waals surface area (Å²) < 4.78 is 35.5. The zero-order valence-corrected chi connectivity index (χ0v) is 18.3. The number of ether oxygens (including phenoxy) is 2. The van der Waals surface area contributed by atoms with E-state index in [4.69, 9.17) is 9.47 Å². The zero-order chi connectivity index (χ0) is 22.4. The van der Waals surface area contributed by atoms with Gasteiger partial charge < -0.3 is 14.8 Å². The molecule has 1 aliphatic heterocycles. The molecule has 0 bridgehead atoms. The van der Waals surface area contributed by atoms with Gasteiger partial charge in [-0.25, -0.2) is 12.7 Å². The summed E-state index contributed by atoms with van der Waals surface area (Å²) in [6, 6.07) is 15.6. The second-order valence-electron chi connectivity index (χ2n) is 7.38. The molecular formula is C22H26N2O6S. The van der Waals surface area contributed by atoms with Crippen molar-refractivity contribution in [3.63, 3.8) is 0 Å². The van der Waals surface area contributed by atoms with Gasteiger partial charge in [-0.2, -0.15) is 0 Å². The molecule has 2 aromatic carbocycles.